The molecule has 0 aliphatic heterocycles. The van der Waals surface area contributed by atoms with Crippen molar-refractivity contribution in [1.29, 1.82) is 0 Å². The van der Waals surface area contributed by atoms with Crippen molar-refractivity contribution in [2.24, 2.45) is 0 Å². The third kappa shape index (κ3) is 2.02. The third-order valence-electron chi connectivity index (χ3n) is 1.07. The van der Waals surface area contributed by atoms with Gasteiger partial charge in [0.15, 0.2) is 0 Å². The van der Waals surface area contributed by atoms with Crippen LogP contribution in [-0.2, 0) is 4.42 Å². The van der Waals surface area contributed by atoms with E-state index < -0.39 is 0 Å². The number of ketones is 1. The summed E-state index contributed by atoms with van der Waals surface area (Å²) in [4.78, 5) is 0. The van der Waals surface area contributed by atoms with Crippen LogP contribution < -0.4 is 0 Å². The molecule has 1 heteroatoms. The average Bonchev–Trinajstić information content (AvgIpc) is 1.88. The summed E-state index contributed by atoms with van der Waals surface area (Å²) in [6.45, 7) is 3.88. The van der Waals surface area contributed by atoms with E-state index in [9.17, 15) is 0 Å². The molecule has 1 nitrogen and oxygen atoms in total. The van der Waals surface area contributed by atoms with E-state index in [4.69, 9.17) is 4.42 Å². The molecule has 52 valence electrons. The Morgan fingerprint density at radius 3 is 2.20 bits per heavy atom. The fourth-order valence-corrected chi connectivity index (χ4v) is 0.724. The highest BCUT2D eigenvalue weighted by Gasteiger charge is 1.98. The van der Waals surface area contributed by atoms with Crippen LogP contribution in [0.5, 0.6) is 5.75 Å². The summed E-state index contributed by atoms with van der Waals surface area (Å²) in [7, 11) is 0. The molecular formula is C9H11O+. The highest BCUT2D eigenvalue weighted by molar-refractivity contribution is 5.73. The third-order valence-corrected chi connectivity index (χ3v) is 1.07. The Morgan fingerprint density at radius 1 is 1.10 bits per heavy atom. The zero-order chi connectivity index (χ0) is 7.40. The van der Waals surface area contributed by atoms with Crippen LogP contribution in [0, 0.1) is 0 Å². The van der Waals surface area contributed by atoms with Gasteiger partial charge in [-0.15, -0.1) is 0 Å². The largest absolute Gasteiger partial charge is 0.352 e. The second-order valence-electron chi connectivity index (χ2n) is 2.32. The number of rotatable bonds is 1. The van der Waals surface area contributed by atoms with E-state index in [0.29, 0.717) is 0 Å². The number of hydrogen-bond donors (Lipinski definition) is 0. The van der Waals surface area contributed by atoms with E-state index in [1.807, 2.05) is 44.2 Å². The van der Waals surface area contributed by atoms with E-state index >= 15 is 0 Å². The zero-order valence-electron chi connectivity index (χ0n) is 6.29. The van der Waals surface area contributed by atoms with E-state index in [-0.39, 0.29) is 0 Å². The van der Waals surface area contributed by atoms with Crippen molar-refractivity contribution >= 4 is 5.78 Å². The van der Waals surface area contributed by atoms with Gasteiger partial charge in [-0.25, -0.2) is 4.42 Å². The summed E-state index contributed by atoms with van der Waals surface area (Å²) < 4.78 is 5.33. The van der Waals surface area contributed by atoms with Crippen LogP contribution in [0.15, 0.2) is 30.3 Å². The van der Waals surface area contributed by atoms with Gasteiger partial charge in [0.05, 0.1) is 0 Å². The molecule has 0 unspecified atom stereocenters. The molecule has 0 heterocycles. The summed E-state index contributed by atoms with van der Waals surface area (Å²) in [5.74, 6) is 1.87. The molecule has 0 bridgehead atoms. The molecule has 1 rings (SSSR count). The minimum Gasteiger partial charge on any atom is -0.218 e. The summed E-state index contributed by atoms with van der Waals surface area (Å²) >= 11 is 0. The van der Waals surface area contributed by atoms with Crippen LogP contribution in [0.2, 0.25) is 0 Å². The molecule has 0 aliphatic rings. The van der Waals surface area contributed by atoms with Gasteiger partial charge in [-0.2, -0.15) is 0 Å². The lowest BCUT2D eigenvalue weighted by atomic mass is 10.3. The lowest BCUT2D eigenvalue weighted by molar-refractivity contribution is -0.367. The molecule has 0 atom stereocenters. The molecule has 10 heavy (non-hydrogen) atoms. The smallest absolute Gasteiger partial charge is 0.218 e. The van der Waals surface area contributed by atoms with Gasteiger partial charge in [-0.05, 0) is 0 Å². The van der Waals surface area contributed by atoms with Gasteiger partial charge >= 0.3 is 11.5 Å². The molecule has 1 aromatic rings. The predicted octanol–water partition coefficient (Wildman–Crippen LogP) is 2.54. The highest BCUT2D eigenvalue weighted by Crippen LogP contribution is 2.07. The number of carbonyl (C=O) groups excluding carboxylic acids is 1. The first-order chi connectivity index (χ1) is 4.79. The van der Waals surface area contributed by atoms with Gasteiger partial charge in [0.1, 0.15) is 0 Å². The predicted molar refractivity (Wildman–Crippen MR) is 42.2 cm³/mol. The molecule has 0 saturated carbocycles. The van der Waals surface area contributed by atoms with Crippen molar-refractivity contribution in [3.63, 3.8) is 0 Å². The summed E-state index contributed by atoms with van der Waals surface area (Å²) in [6.07, 6.45) is 0. The number of para-hydroxylation sites is 1. The molecule has 0 radical (unpaired) electrons. The van der Waals surface area contributed by atoms with Crippen molar-refractivity contribution in [1.82, 2.24) is 0 Å². The quantitative estimate of drug-likeness (QED) is 0.524. The Morgan fingerprint density at radius 2 is 1.70 bits per heavy atom. The Balaban J connectivity index is 2.87. The maximum absolute atomic E-state index is 5.33. The van der Waals surface area contributed by atoms with Crippen LogP contribution in [0.4, 0.5) is 0 Å². The molecule has 0 amide bonds. The minimum absolute atomic E-state index is 0.905. The fourth-order valence-electron chi connectivity index (χ4n) is 0.724. The molecule has 0 N–H and O–H groups in total. The van der Waals surface area contributed by atoms with Crippen molar-refractivity contribution in [2.45, 2.75) is 13.8 Å². The minimum atomic E-state index is 0.905. The average molecular weight is 135 g/mol. The Kier molecular flexibility index (Phi) is 2.21. The first kappa shape index (κ1) is 7.00. The molecule has 0 aromatic heterocycles. The van der Waals surface area contributed by atoms with Gasteiger partial charge in [0.25, 0.3) is 0 Å². The molecule has 1 aromatic carbocycles. The molecule has 0 fully saturated rings. The summed E-state index contributed by atoms with van der Waals surface area (Å²) in [5, 5.41) is 0. The van der Waals surface area contributed by atoms with E-state index in [1.54, 1.807) is 0 Å². The fraction of sp³-hybridized carbons (Fsp3) is 0.222. The van der Waals surface area contributed by atoms with Crippen LogP contribution in [0.25, 0.3) is 0 Å². The Hall–Kier alpha value is -1.11. The normalized spacial score (nSPS) is 9.00. The molecule has 0 spiro atoms. The maximum Gasteiger partial charge on any atom is 0.352 e. The van der Waals surface area contributed by atoms with Gasteiger partial charge in [0.2, 0.25) is 0 Å². The van der Waals surface area contributed by atoms with Crippen LogP contribution in [0.3, 0.4) is 0 Å². The first-order valence-electron chi connectivity index (χ1n) is 3.32. The van der Waals surface area contributed by atoms with E-state index in [0.717, 1.165) is 11.5 Å². The Bertz CT molecular complexity index is 220. The standard InChI is InChI=1S/C9H11O/c1-8(2)10-9-6-4-3-5-7-9/h3-7H,1-2H3/q+1. The molecule has 0 aliphatic carbocycles. The van der Waals surface area contributed by atoms with Crippen molar-refractivity contribution in [3.05, 3.63) is 30.3 Å². The van der Waals surface area contributed by atoms with Gasteiger partial charge in [-0.3, -0.25) is 0 Å². The van der Waals surface area contributed by atoms with E-state index in [2.05, 4.69) is 0 Å². The Labute approximate surface area is 61.0 Å². The SMILES string of the molecule is CC(C)=[O+]c1ccccc1. The molecular weight excluding hydrogens is 124 g/mol. The van der Waals surface area contributed by atoms with Crippen LogP contribution in [0.1, 0.15) is 13.8 Å². The van der Waals surface area contributed by atoms with Gasteiger partial charge < -0.3 is 0 Å². The summed E-state index contributed by atoms with van der Waals surface area (Å²) in [5.41, 5.74) is 0. The molecule has 0 saturated heterocycles. The first-order valence-corrected chi connectivity index (χ1v) is 3.32. The second kappa shape index (κ2) is 3.16. The number of hydrogen-bond acceptors (Lipinski definition) is 0. The maximum atomic E-state index is 5.33. The van der Waals surface area contributed by atoms with Crippen molar-refractivity contribution < 1.29 is 4.42 Å². The lowest BCUT2D eigenvalue weighted by Gasteiger charge is -1.78. The number of benzene rings is 1. The monoisotopic (exact) mass is 135 g/mol. The highest BCUT2D eigenvalue weighted by atomic mass is 16.4. The lowest BCUT2D eigenvalue weighted by Crippen LogP contribution is -1.81. The van der Waals surface area contributed by atoms with Crippen LogP contribution >= 0.6 is 0 Å². The van der Waals surface area contributed by atoms with Crippen LogP contribution in [-0.4, -0.2) is 5.78 Å². The zero-order valence-corrected chi connectivity index (χ0v) is 6.29. The van der Waals surface area contributed by atoms with Crippen molar-refractivity contribution in [2.75, 3.05) is 0 Å². The second-order valence-corrected chi connectivity index (χ2v) is 2.32. The van der Waals surface area contributed by atoms with Crippen molar-refractivity contribution in [3.8, 4) is 5.75 Å². The van der Waals surface area contributed by atoms with Gasteiger partial charge in [-0.1, -0.05) is 18.2 Å². The van der Waals surface area contributed by atoms with Gasteiger partial charge in [0, 0.05) is 26.0 Å². The van der Waals surface area contributed by atoms with E-state index in [1.165, 1.54) is 0 Å². The topological polar surface area (TPSA) is 11.3 Å². The summed E-state index contributed by atoms with van der Waals surface area (Å²) in [6, 6.07) is 9.76.